The van der Waals surface area contributed by atoms with Gasteiger partial charge >= 0.3 is 0 Å². The highest BCUT2D eigenvalue weighted by Gasteiger charge is 2.23. The summed E-state index contributed by atoms with van der Waals surface area (Å²) >= 11 is 0. The molecular weight excluding hydrogens is 148 g/mol. The first kappa shape index (κ1) is 12.0. The summed E-state index contributed by atoms with van der Waals surface area (Å²) in [6.45, 7) is 6.47. The predicted octanol–water partition coefficient (Wildman–Crippen LogP) is 3.51. The maximum absolute atomic E-state index is 10.1. The topological polar surface area (TPSA) is 20.2 Å². The van der Waals surface area contributed by atoms with Gasteiger partial charge in [0.25, 0.3) is 0 Å². The second kappa shape index (κ2) is 6.47. The van der Waals surface area contributed by atoms with Gasteiger partial charge in [0.1, 0.15) is 0 Å². The van der Waals surface area contributed by atoms with Gasteiger partial charge in [-0.3, -0.25) is 0 Å². The first-order valence-electron chi connectivity index (χ1n) is 5.41. The smallest absolute Gasteiger partial charge is 0.0647 e. The number of hydrogen-bond acceptors (Lipinski definition) is 1. The Kier molecular flexibility index (Phi) is 6.45. The summed E-state index contributed by atoms with van der Waals surface area (Å²) in [5.41, 5.74) is -0.348. The SMILES string of the molecule is CCCCC(O)(CCC)CCC. The van der Waals surface area contributed by atoms with Crippen molar-refractivity contribution in [2.24, 2.45) is 0 Å². The van der Waals surface area contributed by atoms with Crippen LogP contribution in [0.2, 0.25) is 0 Å². The lowest BCUT2D eigenvalue weighted by molar-refractivity contribution is 0.0109. The molecule has 0 amide bonds. The van der Waals surface area contributed by atoms with E-state index in [0.29, 0.717) is 0 Å². The third-order valence-corrected chi connectivity index (χ3v) is 2.43. The molecule has 0 bridgehead atoms. The van der Waals surface area contributed by atoms with Crippen LogP contribution in [0.3, 0.4) is 0 Å². The molecule has 0 aliphatic carbocycles. The Labute approximate surface area is 77.2 Å². The predicted molar refractivity (Wildman–Crippen MR) is 54.3 cm³/mol. The van der Waals surface area contributed by atoms with Crippen molar-refractivity contribution in [1.29, 1.82) is 0 Å². The largest absolute Gasteiger partial charge is 0.390 e. The van der Waals surface area contributed by atoms with E-state index in [1.54, 1.807) is 0 Å². The fourth-order valence-electron chi connectivity index (χ4n) is 1.81. The van der Waals surface area contributed by atoms with Crippen molar-refractivity contribution in [1.82, 2.24) is 0 Å². The Morgan fingerprint density at radius 3 is 1.67 bits per heavy atom. The van der Waals surface area contributed by atoms with Crippen LogP contribution < -0.4 is 0 Å². The van der Waals surface area contributed by atoms with Gasteiger partial charge in [0.2, 0.25) is 0 Å². The molecule has 0 saturated heterocycles. The first-order chi connectivity index (χ1) is 5.68. The van der Waals surface area contributed by atoms with Crippen molar-refractivity contribution in [2.75, 3.05) is 0 Å². The minimum Gasteiger partial charge on any atom is -0.390 e. The summed E-state index contributed by atoms with van der Waals surface area (Å²) < 4.78 is 0. The lowest BCUT2D eigenvalue weighted by Crippen LogP contribution is -2.27. The normalized spacial score (nSPS) is 12.0. The molecule has 0 aromatic heterocycles. The van der Waals surface area contributed by atoms with E-state index in [1.807, 2.05) is 0 Å². The fourth-order valence-corrected chi connectivity index (χ4v) is 1.81. The highest BCUT2D eigenvalue weighted by atomic mass is 16.3. The van der Waals surface area contributed by atoms with Crippen LogP contribution in [-0.2, 0) is 0 Å². The lowest BCUT2D eigenvalue weighted by atomic mass is 9.88. The van der Waals surface area contributed by atoms with Gasteiger partial charge in [-0.15, -0.1) is 0 Å². The highest BCUT2D eigenvalue weighted by Crippen LogP contribution is 2.25. The third kappa shape index (κ3) is 4.76. The molecule has 0 fully saturated rings. The van der Waals surface area contributed by atoms with E-state index < -0.39 is 0 Å². The van der Waals surface area contributed by atoms with Gasteiger partial charge in [-0.1, -0.05) is 46.5 Å². The van der Waals surface area contributed by atoms with E-state index in [-0.39, 0.29) is 5.60 Å². The molecule has 0 radical (unpaired) electrons. The van der Waals surface area contributed by atoms with Crippen LogP contribution in [0.15, 0.2) is 0 Å². The molecule has 0 aromatic carbocycles. The second-order valence-electron chi connectivity index (χ2n) is 3.83. The Bertz CT molecular complexity index is 93.2. The van der Waals surface area contributed by atoms with Crippen molar-refractivity contribution in [3.8, 4) is 0 Å². The van der Waals surface area contributed by atoms with E-state index >= 15 is 0 Å². The molecule has 0 rings (SSSR count). The maximum Gasteiger partial charge on any atom is 0.0647 e. The standard InChI is InChI=1S/C11H24O/c1-4-7-10-11(12,8-5-2)9-6-3/h12H,4-10H2,1-3H3. The molecule has 1 nitrogen and oxygen atoms in total. The van der Waals surface area contributed by atoms with Gasteiger partial charge in [0, 0.05) is 0 Å². The number of hydrogen-bond donors (Lipinski definition) is 1. The second-order valence-corrected chi connectivity index (χ2v) is 3.83. The Balaban J connectivity index is 3.80. The third-order valence-electron chi connectivity index (χ3n) is 2.43. The molecule has 0 aromatic rings. The molecule has 1 N–H and O–H groups in total. The maximum atomic E-state index is 10.1. The first-order valence-corrected chi connectivity index (χ1v) is 5.41. The van der Waals surface area contributed by atoms with Crippen LogP contribution >= 0.6 is 0 Å². The summed E-state index contributed by atoms with van der Waals surface area (Å²) in [4.78, 5) is 0. The molecule has 0 heterocycles. The molecule has 0 aliphatic heterocycles. The molecule has 0 spiro atoms. The Hall–Kier alpha value is -0.0400. The minimum atomic E-state index is -0.348. The van der Waals surface area contributed by atoms with Gasteiger partial charge in [-0.25, -0.2) is 0 Å². The summed E-state index contributed by atoms with van der Waals surface area (Å²) in [6, 6.07) is 0. The minimum absolute atomic E-state index is 0.348. The Morgan fingerprint density at radius 2 is 1.33 bits per heavy atom. The average molecular weight is 172 g/mol. The van der Waals surface area contributed by atoms with E-state index in [4.69, 9.17) is 0 Å². The molecule has 0 unspecified atom stereocenters. The van der Waals surface area contributed by atoms with Crippen LogP contribution in [0.5, 0.6) is 0 Å². The molecule has 74 valence electrons. The van der Waals surface area contributed by atoms with E-state index in [0.717, 1.165) is 38.5 Å². The monoisotopic (exact) mass is 172 g/mol. The highest BCUT2D eigenvalue weighted by molar-refractivity contribution is 4.76. The number of unbranched alkanes of at least 4 members (excludes halogenated alkanes) is 1. The summed E-state index contributed by atoms with van der Waals surface area (Å²) in [6.07, 6.45) is 7.49. The molecule has 0 saturated carbocycles. The zero-order chi connectivity index (χ0) is 9.45. The quantitative estimate of drug-likeness (QED) is 0.623. The molecule has 0 atom stereocenters. The molecule has 0 aliphatic rings. The molecule has 1 heteroatoms. The lowest BCUT2D eigenvalue weighted by Gasteiger charge is -2.27. The van der Waals surface area contributed by atoms with Crippen molar-refractivity contribution >= 4 is 0 Å². The summed E-state index contributed by atoms with van der Waals surface area (Å²) in [7, 11) is 0. The average Bonchev–Trinajstić information content (AvgIpc) is 2.02. The van der Waals surface area contributed by atoms with Crippen LogP contribution in [0.25, 0.3) is 0 Å². The van der Waals surface area contributed by atoms with Crippen molar-refractivity contribution in [3.05, 3.63) is 0 Å². The van der Waals surface area contributed by atoms with Gasteiger partial charge in [0.15, 0.2) is 0 Å². The van der Waals surface area contributed by atoms with Gasteiger partial charge < -0.3 is 5.11 Å². The summed E-state index contributed by atoms with van der Waals surface area (Å²) in [5.74, 6) is 0. The Morgan fingerprint density at radius 1 is 0.833 bits per heavy atom. The van der Waals surface area contributed by atoms with Crippen LogP contribution in [0, 0.1) is 0 Å². The molecular formula is C11H24O. The van der Waals surface area contributed by atoms with Crippen LogP contribution in [0.4, 0.5) is 0 Å². The van der Waals surface area contributed by atoms with Gasteiger partial charge in [-0.05, 0) is 19.3 Å². The van der Waals surface area contributed by atoms with Gasteiger partial charge in [0.05, 0.1) is 5.60 Å². The zero-order valence-electron chi connectivity index (χ0n) is 8.90. The van der Waals surface area contributed by atoms with Gasteiger partial charge in [-0.2, -0.15) is 0 Å². The van der Waals surface area contributed by atoms with Crippen molar-refractivity contribution < 1.29 is 5.11 Å². The van der Waals surface area contributed by atoms with E-state index in [9.17, 15) is 5.11 Å². The number of aliphatic hydroxyl groups is 1. The van der Waals surface area contributed by atoms with Crippen molar-refractivity contribution in [3.63, 3.8) is 0 Å². The van der Waals surface area contributed by atoms with Crippen LogP contribution in [-0.4, -0.2) is 10.7 Å². The van der Waals surface area contributed by atoms with Crippen molar-refractivity contribution in [2.45, 2.75) is 71.3 Å². The fraction of sp³-hybridized carbons (Fsp3) is 1.00. The number of rotatable bonds is 7. The van der Waals surface area contributed by atoms with E-state index in [2.05, 4.69) is 20.8 Å². The summed E-state index contributed by atoms with van der Waals surface area (Å²) in [5, 5.41) is 10.1. The van der Waals surface area contributed by atoms with E-state index in [1.165, 1.54) is 6.42 Å². The zero-order valence-corrected chi connectivity index (χ0v) is 8.90. The molecule has 12 heavy (non-hydrogen) atoms. The van der Waals surface area contributed by atoms with Crippen LogP contribution in [0.1, 0.15) is 65.7 Å².